The SMILES string of the molecule is CCC(C)NC(=O)NCCc1cccc(C)c1. The summed E-state index contributed by atoms with van der Waals surface area (Å²) in [5, 5.41) is 5.74. The zero-order chi connectivity index (χ0) is 12.7. The molecule has 1 atom stereocenters. The molecule has 2 amide bonds. The van der Waals surface area contributed by atoms with E-state index >= 15 is 0 Å². The predicted octanol–water partition coefficient (Wildman–Crippen LogP) is 2.64. The molecule has 1 aromatic rings. The quantitative estimate of drug-likeness (QED) is 0.808. The van der Waals surface area contributed by atoms with Crippen LogP contribution >= 0.6 is 0 Å². The molecule has 0 spiro atoms. The molecule has 17 heavy (non-hydrogen) atoms. The van der Waals surface area contributed by atoms with Gasteiger partial charge in [0.05, 0.1) is 0 Å². The zero-order valence-corrected chi connectivity index (χ0v) is 10.9. The maximum absolute atomic E-state index is 11.4. The van der Waals surface area contributed by atoms with E-state index in [2.05, 4.69) is 42.7 Å². The fourth-order valence-electron chi connectivity index (χ4n) is 1.56. The summed E-state index contributed by atoms with van der Waals surface area (Å²) in [7, 11) is 0. The van der Waals surface area contributed by atoms with E-state index in [1.165, 1.54) is 11.1 Å². The van der Waals surface area contributed by atoms with Crippen LogP contribution in [0, 0.1) is 6.92 Å². The van der Waals surface area contributed by atoms with Crippen molar-refractivity contribution in [3.8, 4) is 0 Å². The number of amides is 2. The first-order chi connectivity index (χ1) is 8.11. The van der Waals surface area contributed by atoms with Gasteiger partial charge in [-0.3, -0.25) is 0 Å². The summed E-state index contributed by atoms with van der Waals surface area (Å²) >= 11 is 0. The van der Waals surface area contributed by atoms with Crippen molar-refractivity contribution < 1.29 is 4.79 Å². The first kappa shape index (κ1) is 13.6. The molecule has 2 N–H and O–H groups in total. The summed E-state index contributed by atoms with van der Waals surface area (Å²) in [5.74, 6) is 0. The Balaban J connectivity index is 2.26. The number of urea groups is 1. The molecule has 0 saturated carbocycles. The largest absolute Gasteiger partial charge is 0.338 e. The minimum atomic E-state index is -0.0768. The lowest BCUT2D eigenvalue weighted by molar-refractivity contribution is 0.237. The predicted molar refractivity (Wildman–Crippen MR) is 71.2 cm³/mol. The highest BCUT2D eigenvalue weighted by Crippen LogP contribution is 2.03. The third kappa shape index (κ3) is 5.38. The highest BCUT2D eigenvalue weighted by molar-refractivity contribution is 5.74. The summed E-state index contributed by atoms with van der Waals surface area (Å²) in [6, 6.07) is 8.51. The lowest BCUT2D eigenvalue weighted by atomic mass is 10.1. The number of aryl methyl sites for hydroxylation is 1. The van der Waals surface area contributed by atoms with Crippen LogP contribution < -0.4 is 10.6 Å². The van der Waals surface area contributed by atoms with Crippen LogP contribution in [-0.2, 0) is 6.42 Å². The van der Waals surface area contributed by atoms with Crippen LogP contribution in [0.5, 0.6) is 0 Å². The van der Waals surface area contributed by atoms with Gasteiger partial charge in [0, 0.05) is 12.6 Å². The number of nitrogens with one attached hydrogen (secondary N) is 2. The normalized spacial score (nSPS) is 11.9. The number of hydrogen-bond donors (Lipinski definition) is 2. The molecular formula is C14H22N2O. The summed E-state index contributed by atoms with van der Waals surface area (Å²) in [6.07, 6.45) is 1.82. The van der Waals surface area contributed by atoms with Crippen molar-refractivity contribution in [1.82, 2.24) is 10.6 Å². The number of hydrogen-bond acceptors (Lipinski definition) is 1. The molecule has 3 heteroatoms. The van der Waals surface area contributed by atoms with Gasteiger partial charge in [0.25, 0.3) is 0 Å². The van der Waals surface area contributed by atoms with Gasteiger partial charge >= 0.3 is 6.03 Å². The van der Waals surface area contributed by atoms with E-state index < -0.39 is 0 Å². The molecule has 0 aliphatic rings. The minimum Gasteiger partial charge on any atom is -0.338 e. The van der Waals surface area contributed by atoms with E-state index in [0.717, 1.165) is 12.8 Å². The molecule has 3 nitrogen and oxygen atoms in total. The molecule has 0 aliphatic heterocycles. The van der Waals surface area contributed by atoms with Gasteiger partial charge in [-0.2, -0.15) is 0 Å². The van der Waals surface area contributed by atoms with Crippen LogP contribution in [0.25, 0.3) is 0 Å². The molecule has 0 radical (unpaired) electrons. The van der Waals surface area contributed by atoms with Gasteiger partial charge in [0.1, 0.15) is 0 Å². The van der Waals surface area contributed by atoms with Crippen LogP contribution in [0.4, 0.5) is 4.79 Å². The lowest BCUT2D eigenvalue weighted by Gasteiger charge is -2.12. The number of carbonyl (C=O) groups is 1. The molecule has 0 saturated heterocycles. The Morgan fingerprint density at radius 3 is 2.82 bits per heavy atom. The molecule has 0 fully saturated rings. The first-order valence-electron chi connectivity index (χ1n) is 6.21. The molecule has 1 aromatic carbocycles. The van der Waals surface area contributed by atoms with E-state index in [0.29, 0.717) is 6.54 Å². The topological polar surface area (TPSA) is 41.1 Å². The number of benzene rings is 1. The summed E-state index contributed by atoms with van der Waals surface area (Å²) < 4.78 is 0. The molecule has 0 aliphatic carbocycles. The smallest absolute Gasteiger partial charge is 0.315 e. The molecule has 1 unspecified atom stereocenters. The first-order valence-corrected chi connectivity index (χ1v) is 6.21. The Labute approximate surface area is 104 Å². The van der Waals surface area contributed by atoms with Crippen molar-refractivity contribution >= 4 is 6.03 Å². The Morgan fingerprint density at radius 1 is 1.41 bits per heavy atom. The van der Waals surface area contributed by atoms with Gasteiger partial charge in [0.2, 0.25) is 0 Å². The van der Waals surface area contributed by atoms with Gasteiger partial charge in [-0.15, -0.1) is 0 Å². The van der Waals surface area contributed by atoms with Crippen LogP contribution in [0.2, 0.25) is 0 Å². The summed E-state index contributed by atoms with van der Waals surface area (Å²) in [5.41, 5.74) is 2.51. The second-order valence-corrected chi connectivity index (χ2v) is 4.45. The molecular weight excluding hydrogens is 212 g/mol. The molecule has 1 rings (SSSR count). The highest BCUT2D eigenvalue weighted by Gasteiger charge is 2.03. The maximum atomic E-state index is 11.4. The Bertz CT molecular complexity index is 363. The van der Waals surface area contributed by atoms with Crippen molar-refractivity contribution in [3.05, 3.63) is 35.4 Å². The molecule has 0 aromatic heterocycles. The van der Waals surface area contributed by atoms with E-state index in [9.17, 15) is 4.79 Å². The van der Waals surface area contributed by atoms with Gasteiger partial charge in [-0.1, -0.05) is 36.8 Å². The molecule has 94 valence electrons. The fourth-order valence-corrected chi connectivity index (χ4v) is 1.56. The molecule has 0 bridgehead atoms. The third-order valence-electron chi connectivity index (χ3n) is 2.77. The van der Waals surface area contributed by atoms with Gasteiger partial charge in [-0.25, -0.2) is 4.79 Å². The average Bonchev–Trinajstić information content (AvgIpc) is 2.29. The van der Waals surface area contributed by atoms with E-state index in [1.807, 2.05) is 13.0 Å². The van der Waals surface area contributed by atoms with Crippen LogP contribution in [-0.4, -0.2) is 18.6 Å². The summed E-state index contributed by atoms with van der Waals surface area (Å²) in [6.45, 7) is 6.80. The molecule has 0 heterocycles. The van der Waals surface area contributed by atoms with Crippen molar-refractivity contribution in [3.63, 3.8) is 0 Å². The highest BCUT2D eigenvalue weighted by atomic mass is 16.2. The van der Waals surface area contributed by atoms with Crippen molar-refractivity contribution in [1.29, 1.82) is 0 Å². The Hall–Kier alpha value is -1.51. The second-order valence-electron chi connectivity index (χ2n) is 4.45. The standard InChI is InChI=1S/C14H22N2O/c1-4-12(3)16-14(17)15-9-8-13-7-5-6-11(2)10-13/h5-7,10,12H,4,8-9H2,1-3H3,(H2,15,16,17). The summed E-state index contributed by atoms with van der Waals surface area (Å²) in [4.78, 5) is 11.4. The van der Waals surface area contributed by atoms with Crippen LogP contribution in [0.1, 0.15) is 31.4 Å². The fraction of sp³-hybridized carbons (Fsp3) is 0.500. The maximum Gasteiger partial charge on any atom is 0.315 e. The van der Waals surface area contributed by atoms with E-state index in [4.69, 9.17) is 0 Å². The number of rotatable bonds is 5. The lowest BCUT2D eigenvalue weighted by Crippen LogP contribution is -2.41. The van der Waals surface area contributed by atoms with Gasteiger partial charge in [0.15, 0.2) is 0 Å². The van der Waals surface area contributed by atoms with Gasteiger partial charge < -0.3 is 10.6 Å². The second kappa shape index (κ2) is 6.94. The minimum absolute atomic E-state index is 0.0768. The van der Waals surface area contributed by atoms with Crippen LogP contribution in [0.15, 0.2) is 24.3 Å². The van der Waals surface area contributed by atoms with Crippen LogP contribution in [0.3, 0.4) is 0 Å². The van der Waals surface area contributed by atoms with Gasteiger partial charge in [-0.05, 0) is 32.3 Å². The van der Waals surface area contributed by atoms with E-state index in [1.54, 1.807) is 0 Å². The Kier molecular flexibility index (Phi) is 5.53. The van der Waals surface area contributed by atoms with Crippen molar-refractivity contribution in [2.75, 3.05) is 6.54 Å². The third-order valence-corrected chi connectivity index (χ3v) is 2.77. The zero-order valence-electron chi connectivity index (χ0n) is 10.9. The van der Waals surface area contributed by atoms with E-state index in [-0.39, 0.29) is 12.1 Å². The Morgan fingerprint density at radius 2 is 2.18 bits per heavy atom. The average molecular weight is 234 g/mol. The monoisotopic (exact) mass is 234 g/mol. The van der Waals surface area contributed by atoms with Crippen molar-refractivity contribution in [2.45, 2.75) is 39.7 Å². The van der Waals surface area contributed by atoms with Crippen molar-refractivity contribution in [2.24, 2.45) is 0 Å². The number of carbonyl (C=O) groups excluding carboxylic acids is 1.